The van der Waals surface area contributed by atoms with Crippen molar-refractivity contribution < 1.29 is 4.74 Å². The number of ether oxygens (including phenoxy) is 1. The number of fused-ring (bicyclic) bond motifs is 1. The van der Waals surface area contributed by atoms with Gasteiger partial charge in [-0.3, -0.25) is 4.68 Å². The maximum Gasteiger partial charge on any atom is 0.126 e. The third kappa shape index (κ3) is 1.81. The Morgan fingerprint density at radius 3 is 2.74 bits per heavy atom. The van der Waals surface area contributed by atoms with Crippen LogP contribution >= 0.6 is 0 Å². The molecule has 0 saturated carbocycles. The van der Waals surface area contributed by atoms with E-state index in [-0.39, 0.29) is 0 Å². The molecule has 0 aliphatic rings. The Balaban J connectivity index is 2.29. The van der Waals surface area contributed by atoms with Gasteiger partial charge in [0.1, 0.15) is 5.75 Å². The SMILES string of the molecule is COc1ccccc1-c1cc2c(cnn2C)cc1N. The van der Waals surface area contributed by atoms with Crippen molar-refractivity contribution in [3.63, 3.8) is 0 Å². The van der Waals surface area contributed by atoms with Gasteiger partial charge in [-0.25, -0.2) is 0 Å². The van der Waals surface area contributed by atoms with E-state index in [9.17, 15) is 0 Å². The summed E-state index contributed by atoms with van der Waals surface area (Å²) in [6.45, 7) is 0. The van der Waals surface area contributed by atoms with Crippen LogP contribution in [0.1, 0.15) is 0 Å². The molecule has 0 radical (unpaired) electrons. The van der Waals surface area contributed by atoms with E-state index >= 15 is 0 Å². The molecule has 0 amide bonds. The highest BCUT2D eigenvalue weighted by Gasteiger charge is 2.11. The first-order valence-electron chi connectivity index (χ1n) is 6.05. The molecule has 0 fully saturated rings. The van der Waals surface area contributed by atoms with E-state index in [2.05, 4.69) is 11.2 Å². The highest BCUT2D eigenvalue weighted by atomic mass is 16.5. The number of nitrogen functional groups attached to an aromatic ring is 1. The average molecular weight is 253 g/mol. The largest absolute Gasteiger partial charge is 0.496 e. The molecular weight excluding hydrogens is 238 g/mol. The Morgan fingerprint density at radius 2 is 1.95 bits per heavy atom. The maximum absolute atomic E-state index is 6.16. The summed E-state index contributed by atoms with van der Waals surface area (Å²) in [5.41, 5.74) is 9.89. The zero-order valence-corrected chi connectivity index (χ0v) is 10.9. The topological polar surface area (TPSA) is 53.1 Å². The van der Waals surface area contributed by atoms with Crippen molar-refractivity contribution in [3.8, 4) is 16.9 Å². The van der Waals surface area contributed by atoms with Crippen LogP contribution in [0, 0.1) is 0 Å². The molecule has 19 heavy (non-hydrogen) atoms. The molecular formula is C15H15N3O. The van der Waals surface area contributed by atoms with Gasteiger partial charge in [-0.05, 0) is 18.2 Å². The number of anilines is 1. The Bertz CT molecular complexity index is 746. The molecule has 1 heterocycles. The summed E-state index contributed by atoms with van der Waals surface area (Å²) in [7, 11) is 3.59. The molecule has 96 valence electrons. The minimum Gasteiger partial charge on any atom is -0.496 e. The standard InChI is InChI=1S/C15H15N3O/c1-18-14-8-12(13(16)7-10(14)9-17-18)11-5-3-4-6-15(11)19-2/h3-9H,16H2,1-2H3. The Kier molecular flexibility index (Phi) is 2.63. The van der Waals surface area contributed by atoms with Crippen LogP contribution in [0.15, 0.2) is 42.6 Å². The summed E-state index contributed by atoms with van der Waals surface area (Å²) in [5.74, 6) is 0.815. The van der Waals surface area contributed by atoms with Crippen molar-refractivity contribution in [1.29, 1.82) is 0 Å². The second-order valence-electron chi connectivity index (χ2n) is 4.47. The fourth-order valence-corrected chi connectivity index (χ4v) is 2.32. The third-order valence-corrected chi connectivity index (χ3v) is 3.31. The van der Waals surface area contributed by atoms with Crippen LogP contribution in [-0.4, -0.2) is 16.9 Å². The zero-order chi connectivity index (χ0) is 13.4. The van der Waals surface area contributed by atoms with Gasteiger partial charge in [-0.2, -0.15) is 5.10 Å². The Labute approximate surface area is 111 Å². The molecule has 1 aromatic heterocycles. The van der Waals surface area contributed by atoms with Crippen LogP contribution in [0.3, 0.4) is 0 Å². The van der Waals surface area contributed by atoms with Crippen molar-refractivity contribution in [1.82, 2.24) is 9.78 Å². The molecule has 0 aliphatic carbocycles. The first-order valence-corrected chi connectivity index (χ1v) is 6.05. The predicted molar refractivity (Wildman–Crippen MR) is 77.1 cm³/mol. The smallest absolute Gasteiger partial charge is 0.126 e. The van der Waals surface area contributed by atoms with Gasteiger partial charge in [0, 0.05) is 29.2 Å². The summed E-state index contributed by atoms with van der Waals surface area (Å²) in [6.07, 6.45) is 1.82. The van der Waals surface area contributed by atoms with Gasteiger partial charge in [0.25, 0.3) is 0 Å². The molecule has 0 unspecified atom stereocenters. The number of para-hydroxylation sites is 1. The average Bonchev–Trinajstić information content (AvgIpc) is 2.78. The summed E-state index contributed by atoms with van der Waals surface area (Å²) in [6, 6.07) is 11.9. The Hall–Kier alpha value is -2.49. The summed E-state index contributed by atoms with van der Waals surface area (Å²) in [5, 5.41) is 5.28. The van der Waals surface area contributed by atoms with Crippen LogP contribution in [-0.2, 0) is 7.05 Å². The monoisotopic (exact) mass is 253 g/mol. The van der Waals surface area contributed by atoms with E-state index in [0.717, 1.165) is 33.5 Å². The van der Waals surface area contributed by atoms with E-state index in [4.69, 9.17) is 10.5 Å². The van der Waals surface area contributed by atoms with Crippen molar-refractivity contribution in [2.24, 2.45) is 7.05 Å². The van der Waals surface area contributed by atoms with Crippen LogP contribution in [0.5, 0.6) is 5.75 Å². The second-order valence-corrected chi connectivity index (χ2v) is 4.47. The number of aryl methyl sites for hydroxylation is 1. The lowest BCUT2D eigenvalue weighted by Gasteiger charge is -2.11. The van der Waals surface area contributed by atoms with Gasteiger partial charge in [-0.1, -0.05) is 18.2 Å². The number of hydrogen-bond acceptors (Lipinski definition) is 3. The van der Waals surface area contributed by atoms with Gasteiger partial charge in [0.15, 0.2) is 0 Å². The molecule has 0 aliphatic heterocycles. The number of benzene rings is 2. The molecule has 4 heteroatoms. The Morgan fingerprint density at radius 1 is 1.16 bits per heavy atom. The van der Waals surface area contributed by atoms with Gasteiger partial charge in [0.05, 0.1) is 18.8 Å². The van der Waals surface area contributed by atoms with Crippen molar-refractivity contribution in [2.75, 3.05) is 12.8 Å². The highest BCUT2D eigenvalue weighted by molar-refractivity contribution is 5.92. The molecule has 0 saturated heterocycles. The van der Waals surface area contributed by atoms with E-state index < -0.39 is 0 Å². The number of methoxy groups -OCH3 is 1. The van der Waals surface area contributed by atoms with Crippen molar-refractivity contribution >= 4 is 16.6 Å². The van der Waals surface area contributed by atoms with E-state index in [1.807, 2.05) is 48.3 Å². The first-order chi connectivity index (χ1) is 9.20. The van der Waals surface area contributed by atoms with Gasteiger partial charge < -0.3 is 10.5 Å². The summed E-state index contributed by atoms with van der Waals surface area (Å²) >= 11 is 0. The predicted octanol–water partition coefficient (Wildman–Crippen LogP) is 2.83. The first kappa shape index (κ1) is 11.6. The molecule has 3 rings (SSSR count). The molecule has 2 N–H and O–H groups in total. The number of nitrogens with two attached hydrogens (primary N) is 1. The van der Waals surface area contributed by atoms with Crippen LogP contribution < -0.4 is 10.5 Å². The zero-order valence-electron chi connectivity index (χ0n) is 10.9. The number of nitrogens with zero attached hydrogens (tertiary/aromatic N) is 2. The summed E-state index contributed by atoms with van der Waals surface area (Å²) < 4.78 is 7.24. The van der Waals surface area contributed by atoms with E-state index in [1.54, 1.807) is 7.11 Å². The minimum atomic E-state index is 0.727. The number of rotatable bonds is 2. The van der Waals surface area contributed by atoms with Gasteiger partial charge in [0.2, 0.25) is 0 Å². The molecule has 0 atom stereocenters. The fraction of sp³-hybridized carbons (Fsp3) is 0.133. The lowest BCUT2D eigenvalue weighted by Crippen LogP contribution is -1.95. The molecule has 4 nitrogen and oxygen atoms in total. The van der Waals surface area contributed by atoms with E-state index in [0.29, 0.717) is 0 Å². The summed E-state index contributed by atoms with van der Waals surface area (Å²) in [4.78, 5) is 0. The maximum atomic E-state index is 6.16. The number of aromatic nitrogens is 2. The van der Waals surface area contributed by atoms with Crippen LogP contribution in [0.4, 0.5) is 5.69 Å². The third-order valence-electron chi connectivity index (χ3n) is 3.31. The molecule has 3 aromatic rings. The normalized spacial score (nSPS) is 10.8. The van der Waals surface area contributed by atoms with Crippen molar-refractivity contribution in [3.05, 3.63) is 42.6 Å². The highest BCUT2D eigenvalue weighted by Crippen LogP contribution is 2.35. The lowest BCUT2D eigenvalue weighted by atomic mass is 10.0. The lowest BCUT2D eigenvalue weighted by molar-refractivity contribution is 0.416. The van der Waals surface area contributed by atoms with E-state index in [1.165, 1.54) is 0 Å². The van der Waals surface area contributed by atoms with Gasteiger partial charge in [-0.15, -0.1) is 0 Å². The minimum absolute atomic E-state index is 0.727. The van der Waals surface area contributed by atoms with Crippen LogP contribution in [0.2, 0.25) is 0 Å². The quantitative estimate of drug-likeness (QED) is 0.714. The number of hydrogen-bond donors (Lipinski definition) is 1. The second kappa shape index (κ2) is 4.31. The fourth-order valence-electron chi connectivity index (χ4n) is 2.32. The van der Waals surface area contributed by atoms with Gasteiger partial charge >= 0.3 is 0 Å². The molecule has 0 spiro atoms. The molecule has 0 bridgehead atoms. The molecule has 2 aromatic carbocycles. The van der Waals surface area contributed by atoms with Crippen molar-refractivity contribution in [2.45, 2.75) is 0 Å². The van der Waals surface area contributed by atoms with Crippen LogP contribution in [0.25, 0.3) is 22.0 Å².